The van der Waals surface area contributed by atoms with Crippen molar-refractivity contribution in [2.75, 3.05) is 16.5 Å². The molecular weight excluding hydrogens is 843 g/mol. The molecule has 0 saturated heterocycles. The third kappa shape index (κ3) is 7.58. The molecule has 0 spiro atoms. The molecule has 0 radical (unpaired) electrons. The molecule has 7 heteroatoms. The second-order valence-electron chi connectivity index (χ2n) is 18.9. The number of aromatic nitrogens is 5. The summed E-state index contributed by atoms with van der Waals surface area (Å²) in [7, 11) is 0. The number of nitrogens with zero attached hydrogens (tertiary/aromatic N) is 7. The Bertz CT molecular complexity index is 3650. The molecule has 0 atom stereocenters. The fourth-order valence-electron chi connectivity index (χ4n) is 9.86. The Labute approximate surface area is 402 Å². The number of benzene rings is 8. The predicted molar refractivity (Wildman–Crippen MR) is 285 cm³/mol. The van der Waals surface area contributed by atoms with Gasteiger partial charge in [0.1, 0.15) is 12.5 Å². The molecule has 0 N–H and O–H groups in total. The van der Waals surface area contributed by atoms with Gasteiger partial charge in [-0.25, -0.2) is 19.9 Å². The van der Waals surface area contributed by atoms with Crippen molar-refractivity contribution in [1.82, 2.24) is 24.5 Å². The molecule has 332 valence electrons. The summed E-state index contributed by atoms with van der Waals surface area (Å²) in [6.07, 6.45) is 1.88. The minimum Gasteiger partial charge on any atom is -0.321 e. The third-order valence-corrected chi connectivity index (χ3v) is 13.3. The lowest BCUT2D eigenvalue weighted by molar-refractivity contribution is 0.590. The average Bonchev–Trinajstić information content (AvgIpc) is 3.95. The van der Waals surface area contributed by atoms with Crippen molar-refractivity contribution in [2.24, 2.45) is 0 Å². The molecule has 7 nitrogen and oxygen atoms in total. The van der Waals surface area contributed by atoms with Crippen LogP contribution in [-0.2, 0) is 5.41 Å². The van der Waals surface area contributed by atoms with Crippen LogP contribution in [-0.4, -0.2) is 31.2 Å². The largest absolute Gasteiger partial charge is 0.321 e. The molecule has 69 heavy (non-hydrogen) atoms. The first-order chi connectivity index (χ1) is 33.7. The zero-order valence-electron chi connectivity index (χ0n) is 39.0. The Morgan fingerprint density at radius 2 is 0.986 bits per heavy atom. The Morgan fingerprint density at radius 3 is 1.65 bits per heavy atom. The maximum atomic E-state index is 5.32. The minimum absolute atomic E-state index is 0.00488. The zero-order valence-corrected chi connectivity index (χ0v) is 39.0. The van der Waals surface area contributed by atoms with Gasteiger partial charge in [0.15, 0.2) is 17.5 Å². The smallest absolute Gasteiger partial charge is 0.164 e. The van der Waals surface area contributed by atoms with Gasteiger partial charge >= 0.3 is 0 Å². The highest BCUT2D eigenvalue weighted by atomic mass is 15.4. The summed E-state index contributed by atoms with van der Waals surface area (Å²) in [6.45, 7) is 9.41. The molecule has 1 aliphatic heterocycles. The van der Waals surface area contributed by atoms with E-state index < -0.39 is 0 Å². The fraction of sp³-hybridized carbons (Fsp3) is 0.0968. The summed E-state index contributed by atoms with van der Waals surface area (Å²) in [6, 6.07) is 73.3. The minimum atomic E-state index is 0.00488. The van der Waals surface area contributed by atoms with Gasteiger partial charge in [-0.15, -0.1) is 0 Å². The van der Waals surface area contributed by atoms with Gasteiger partial charge in [0, 0.05) is 50.5 Å². The lowest BCUT2D eigenvalue weighted by atomic mass is 9.87. The number of fused-ring (bicyclic) bond motifs is 4. The van der Waals surface area contributed by atoms with Crippen LogP contribution in [0.2, 0.25) is 0 Å². The van der Waals surface area contributed by atoms with Crippen LogP contribution in [0.5, 0.6) is 0 Å². The molecule has 0 aliphatic carbocycles. The number of hydrogen-bond acceptors (Lipinski definition) is 6. The maximum absolute atomic E-state index is 5.32. The van der Waals surface area contributed by atoms with Gasteiger partial charge in [0.2, 0.25) is 0 Å². The monoisotopic (exact) mass is 891 g/mol. The number of pyridine rings is 1. The summed E-state index contributed by atoms with van der Waals surface area (Å²) in [5.41, 5.74) is 16.4. The van der Waals surface area contributed by atoms with Crippen LogP contribution in [0.4, 0.5) is 22.7 Å². The van der Waals surface area contributed by atoms with E-state index in [1.807, 2.05) is 12.3 Å². The van der Waals surface area contributed by atoms with Gasteiger partial charge in [-0.1, -0.05) is 178 Å². The van der Waals surface area contributed by atoms with Crippen molar-refractivity contribution in [3.8, 4) is 62.2 Å². The van der Waals surface area contributed by atoms with Gasteiger partial charge < -0.3 is 9.80 Å². The van der Waals surface area contributed by atoms with Crippen LogP contribution in [0.25, 0.3) is 84.0 Å². The lowest BCUT2D eigenvalue weighted by Crippen LogP contribution is -2.25. The molecular formula is C62H49N7. The molecule has 1 aliphatic rings. The van der Waals surface area contributed by atoms with E-state index in [9.17, 15) is 0 Å². The predicted octanol–water partition coefficient (Wildman–Crippen LogP) is 15.6. The van der Waals surface area contributed by atoms with Crippen LogP contribution in [0.15, 0.2) is 212 Å². The molecule has 11 aromatic rings. The topological polar surface area (TPSA) is 63.0 Å². The molecule has 0 amide bonds. The van der Waals surface area contributed by atoms with E-state index in [0.717, 1.165) is 66.9 Å². The molecule has 3 aromatic heterocycles. The Hall–Kier alpha value is -8.68. The first kappa shape index (κ1) is 41.7. The summed E-state index contributed by atoms with van der Waals surface area (Å²) in [5, 5.41) is 2.30. The first-order valence-corrected chi connectivity index (χ1v) is 23.6. The van der Waals surface area contributed by atoms with Gasteiger partial charge in [0.25, 0.3) is 0 Å². The van der Waals surface area contributed by atoms with E-state index in [1.54, 1.807) is 0 Å². The van der Waals surface area contributed by atoms with Gasteiger partial charge in [-0.05, 0) is 83.1 Å². The first-order valence-electron chi connectivity index (χ1n) is 23.6. The summed E-state index contributed by atoms with van der Waals surface area (Å²) < 4.78 is 2.25. The molecule has 0 saturated carbocycles. The lowest BCUT2D eigenvalue weighted by Gasteiger charge is -2.27. The van der Waals surface area contributed by atoms with Crippen molar-refractivity contribution in [1.29, 1.82) is 0 Å². The highest BCUT2D eigenvalue weighted by Crippen LogP contribution is 2.50. The van der Waals surface area contributed by atoms with Gasteiger partial charge in [-0.3, -0.25) is 4.57 Å². The normalized spacial score (nSPS) is 12.5. The van der Waals surface area contributed by atoms with E-state index in [1.165, 1.54) is 33.5 Å². The second-order valence-corrected chi connectivity index (χ2v) is 18.9. The molecule has 0 bridgehead atoms. The Balaban J connectivity index is 0.995. The Kier molecular flexibility index (Phi) is 10.2. The second kappa shape index (κ2) is 16.9. The molecule has 8 aromatic carbocycles. The molecule has 0 unspecified atom stereocenters. The van der Waals surface area contributed by atoms with E-state index >= 15 is 0 Å². The van der Waals surface area contributed by atoms with E-state index in [2.05, 4.69) is 242 Å². The van der Waals surface area contributed by atoms with Crippen LogP contribution in [0, 0.1) is 6.92 Å². The molecule has 0 fully saturated rings. The zero-order chi connectivity index (χ0) is 46.6. The number of anilines is 4. The van der Waals surface area contributed by atoms with E-state index in [0.29, 0.717) is 24.1 Å². The van der Waals surface area contributed by atoms with E-state index in [-0.39, 0.29) is 5.41 Å². The van der Waals surface area contributed by atoms with Crippen LogP contribution >= 0.6 is 0 Å². The number of aryl methyl sites for hydroxylation is 1. The van der Waals surface area contributed by atoms with Crippen LogP contribution in [0.1, 0.15) is 31.9 Å². The van der Waals surface area contributed by atoms with Crippen molar-refractivity contribution in [2.45, 2.75) is 33.1 Å². The van der Waals surface area contributed by atoms with Crippen molar-refractivity contribution in [3.05, 3.63) is 224 Å². The molecule has 4 heterocycles. The quantitative estimate of drug-likeness (QED) is 0.151. The standard InChI is InChI=1S/C62H49N7/c1-41-35-36-63-57(37-41)69-53-26-12-11-23-51(53)52-34-31-46(39-56(52)69)61-65-59(44-29-32-47(33-30-44)62(2,3)4)64-60(66-61)45-21-15-22-48(38-45)67-40-68(55-28-14-13-27-54(55)67)58-49(42-17-7-5-8-18-42)24-16-25-50(58)43-19-9-6-10-20-43/h5-39H,40H2,1-4H3. The van der Waals surface area contributed by atoms with Gasteiger partial charge in [0.05, 0.1) is 28.1 Å². The highest BCUT2D eigenvalue weighted by molar-refractivity contribution is 6.10. The number of para-hydroxylation sites is 4. The Morgan fingerprint density at radius 1 is 0.435 bits per heavy atom. The summed E-state index contributed by atoms with van der Waals surface area (Å²) >= 11 is 0. The number of hydrogen-bond donors (Lipinski definition) is 0. The maximum Gasteiger partial charge on any atom is 0.164 e. The average molecular weight is 892 g/mol. The summed E-state index contributed by atoms with van der Waals surface area (Å²) in [4.78, 5) is 25.5. The summed E-state index contributed by atoms with van der Waals surface area (Å²) in [5.74, 6) is 2.68. The van der Waals surface area contributed by atoms with Crippen LogP contribution < -0.4 is 9.80 Å². The number of rotatable bonds is 8. The third-order valence-electron chi connectivity index (χ3n) is 13.3. The molecule has 12 rings (SSSR count). The SMILES string of the molecule is Cc1ccnc(-n2c3ccccc3c3ccc(-c4nc(-c5ccc(C(C)(C)C)cc5)nc(-c5cccc(N6CN(c7c(-c8ccccc8)cccc7-c7ccccc7)c7ccccc76)c5)n4)cc32)c1. The van der Waals surface area contributed by atoms with Gasteiger partial charge in [-0.2, -0.15) is 0 Å². The van der Waals surface area contributed by atoms with Crippen LogP contribution in [0.3, 0.4) is 0 Å². The fourth-order valence-corrected chi connectivity index (χ4v) is 9.86. The van der Waals surface area contributed by atoms with Crippen molar-refractivity contribution in [3.63, 3.8) is 0 Å². The highest BCUT2D eigenvalue weighted by Gasteiger charge is 2.31. The van der Waals surface area contributed by atoms with E-state index in [4.69, 9.17) is 19.9 Å². The van der Waals surface area contributed by atoms with Crippen molar-refractivity contribution < 1.29 is 0 Å². The van der Waals surface area contributed by atoms with Crippen molar-refractivity contribution >= 4 is 44.6 Å².